The smallest absolute Gasteiger partial charge is 0.409 e. The number of ether oxygens (including phenoxy) is 5. The largest absolute Gasteiger partial charge is 0.447 e. The molecule has 8 nitrogen and oxygen atoms in total. The van der Waals surface area contributed by atoms with Crippen molar-refractivity contribution in [1.29, 1.82) is 0 Å². The SMILES string of the molecule is CCCO[C@H]1[C@H](O)[C@@H](COC(=O)N2CCCCC2)OC(OCC)[C@@H]1OCc1ccccc1. The standard InChI is InChI=1S/C24H37NO7/c1-3-15-29-21-20(26)19(17-31-24(27)25-13-9-6-10-14-25)32-23(28-4-2)22(21)30-16-18-11-7-5-8-12-18/h5,7-8,11-12,19-23,26H,3-4,6,9-10,13-17H2,1-2H3/t19-,20-,21+,22-,23?/m1/s1. The maximum absolute atomic E-state index is 12.4. The van der Waals surface area contributed by atoms with Gasteiger partial charge < -0.3 is 33.7 Å². The van der Waals surface area contributed by atoms with E-state index < -0.39 is 30.7 Å². The van der Waals surface area contributed by atoms with Gasteiger partial charge in [-0.25, -0.2) is 4.79 Å². The molecule has 2 aliphatic rings. The molecule has 32 heavy (non-hydrogen) atoms. The number of hydrogen-bond donors (Lipinski definition) is 1. The molecule has 2 saturated heterocycles. The Morgan fingerprint density at radius 3 is 2.50 bits per heavy atom. The van der Waals surface area contributed by atoms with Crippen LogP contribution in [0.4, 0.5) is 4.79 Å². The van der Waals surface area contributed by atoms with E-state index in [2.05, 4.69) is 0 Å². The number of amides is 1. The third kappa shape index (κ3) is 6.89. The average Bonchev–Trinajstić information content (AvgIpc) is 2.83. The molecular formula is C24H37NO7. The van der Waals surface area contributed by atoms with Crippen molar-refractivity contribution in [2.45, 2.75) is 76.8 Å². The highest BCUT2D eigenvalue weighted by atomic mass is 16.7. The number of aliphatic hydroxyl groups is 1. The summed E-state index contributed by atoms with van der Waals surface area (Å²) >= 11 is 0. The second-order valence-electron chi connectivity index (χ2n) is 8.21. The fraction of sp³-hybridized carbons (Fsp3) is 0.708. The maximum Gasteiger partial charge on any atom is 0.409 e. The van der Waals surface area contributed by atoms with E-state index >= 15 is 0 Å². The van der Waals surface area contributed by atoms with Gasteiger partial charge in [0.05, 0.1) is 6.61 Å². The lowest BCUT2D eigenvalue weighted by Gasteiger charge is -2.44. The molecule has 0 aromatic heterocycles. The predicted octanol–water partition coefficient (Wildman–Crippen LogP) is 3.11. The van der Waals surface area contributed by atoms with Gasteiger partial charge >= 0.3 is 6.09 Å². The van der Waals surface area contributed by atoms with E-state index in [9.17, 15) is 9.90 Å². The number of hydrogen-bond acceptors (Lipinski definition) is 7. The summed E-state index contributed by atoms with van der Waals surface area (Å²) in [6.45, 7) is 6.42. The van der Waals surface area contributed by atoms with Gasteiger partial charge in [-0.15, -0.1) is 0 Å². The van der Waals surface area contributed by atoms with Crippen LogP contribution in [0.3, 0.4) is 0 Å². The monoisotopic (exact) mass is 451 g/mol. The lowest BCUT2D eigenvalue weighted by atomic mass is 9.98. The first-order chi connectivity index (χ1) is 15.6. The summed E-state index contributed by atoms with van der Waals surface area (Å²) in [4.78, 5) is 14.1. The van der Waals surface area contributed by atoms with E-state index in [0.29, 0.717) is 32.9 Å². The van der Waals surface area contributed by atoms with Gasteiger partial charge in [0.15, 0.2) is 6.29 Å². The van der Waals surface area contributed by atoms with Gasteiger partial charge in [-0.2, -0.15) is 0 Å². The highest BCUT2D eigenvalue weighted by Crippen LogP contribution is 2.28. The second-order valence-corrected chi connectivity index (χ2v) is 8.21. The van der Waals surface area contributed by atoms with Crippen LogP contribution in [0.15, 0.2) is 30.3 Å². The molecule has 180 valence electrons. The topological polar surface area (TPSA) is 86.7 Å². The van der Waals surface area contributed by atoms with Gasteiger partial charge in [0.25, 0.3) is 0 Å². The quantitative estimate of drug-likeness (QED) is 0.585. The van der Waals surface area contributed by atoms with Crippen LogP contribution in [0.25, 0.3) is 0 Å². The summed E-state index contributed by atoms with van der Waals surface area (Å²) in [5.41, 5.74) is 1.00. The number of rotatable bonds is 10. The normalized spacial score (nSPS) is 28.5. The van der Waals surface area contributed by atoms with E-state index in [4.69, 9.17) is 23.7 Å². The number of piperidine rings is 1. The van der Waals surface area contributed by atoms with Crippen LogP contribution in [0.1, 0.15) is 45.1 Å². The number of carbonyl (C=O) groups is 1. The molecule has 0 spiro atoms. The lowest BCUT2D eigenvalue weighted by Crippen LogP contribution is -2.61. The fourth-order valence-electron chi connectivity index (χ4n) is 4.04. The van der Waals surface area contributed by atoms with Crippen LogP contribution in [-0.2, 0) is 30.3 Å². The minimum Gasteiger partial charge on any atom is -0.447 e. The van der Waals surface area contributed by atoms with Crippen LogP contribution in [0.2, 0.25) is 0 Å². The summed E-state index contributed by atoms with van der Waals surface area (Å²) in [6, 6.07) is 9.79. The molecule has 1 amide bonds. The zero-order valence-electron chi connectivity index (χ0n) is 19.2. The molecule has 5 atom stereocenters. The average molecular weight is 452 g/mol. The Hall–Kier alpha value is -1.71. The Morgan fingerprint density at radius 2 is 1.81 bits per heavy atom. The van der Waals surface area contributed by atoms with Gasteiger partial charge in [0, 0.05) is 26.3 Å². The second kappa shape index (κ2) is 13.1. The van der Waals surface area contributed by atoms with Crippen molar-refractivity contribution in [2.75, 3.05) is 32.9 Å². The number of aliphatic hydroxyl groups excluding tert-OH is 1. The first-order valence-electron chi connectivity index (χ1n) is 11.8. The van der Waals surface area contributed by atoms with Crippen LogP contribution >= 0.6 is 0 Å². The van der Waals surface area contributed by atoms with Crippen molar-refractivity contribution in [2.24, 2.45) is 0 Å². The molecule has 1 aromatic carbocycles. The predicted molar refractivity (Wildman–Crippen MR) is 118 cm³/mol. The maximum atomic E-state index is 12.4. The van der Waals surface area contributed by atoms with Gasteiger partial charge in [-0.1, -0.05) is 37.3 Å². The van der Waals surface area contributed by atoms with Crippen LogP contribution < -0.4 is 0 Å². The molecule has 3 rings (SSSR count). The number of likely N-dealkylation sites (tertiary alicyclic amines) is 1. The van der Waals surface area contributed by atoms with Gasteiger partial charge in [-0.3, -0.25) is 0 Å². The first kappa shape index (κ1) is 24.9. The molecule has 0 radical (unpaired) electrons. The van der Waals surface area contributed by atoms with Crippen molar-refractivity contribution in [3.8, 4) is 0 Å². The van der Waals surface area contributed by atoms with Crippen molar-refractivity contribution in [3.63, 3.8) is 0 Å². The summed E-state index contributed by atoms with van der Waals surface area (Å²) in [7, 11) is 0. The first-order valence-corrected chi connectivity index (χ1v) is 11.8. The molecule has 0 bridgehead atoms. The van der Waals surface area contributed by atoms with E-state index in [-0.39, 0.29) is 12.7 Å². The Labute approximate surface area is 190 Å². The summed E-state index contributed by atoms with van der Waals surface area (Å²) in [5, 5.41) is 11.0. The molecule has 0 saturated carbocycles. The molecule has 8 heteroatoms. The molecule has 2 aliphatic heterocycles. The van der Waals surface area contributed by atoms with Crippen LogP contribution in [0.5, 0.6) is 0 Å². The molecule has 2 heterocycles. The van der Waals surface area contributed by atoms with Gasteiger partial charge in [0.1, 0.15) is 31.0 Å². The molecule has 1 unspecified atom stereocenters. The number of carbonyl (C=O) groups excluding carboxylic acids is 1. The fourth-order valence-corrected chi connectivity index (χ4v) is 4.04. The Kier molecular flexibility index (Phi) is 10.2. The Bertz CT molecular complexity index is 668. The summed E-state index contributed by atoms with van der Waals surface area (Å²) in [6.07, 6.45) is -0.293. The minimum absolute atomic E-state index is 0.0720. The summed E-state index contributed by atoms with van der Waals surface area (Å²) < 4.78 is 29.4. The van der Waals surface area contributed by atoms with E-state index in [1.54, 1.807) is 4.90 Å². The summed E-state index contributed by atoms with van der Waals surface area (Å²) in [5.74, 6) is 0. The minimum atomic E-state index is -1.02. The van der Waals surface area contributed by atoms with Gasteiger partial charge in [0.2, 0.25) is 0 Å². The molecular weight excluding hydrogens is 414 g/mol. The molecule has 2 fully saturated rings. The van der Waals surface area contributed by atoms with E-state index in [0.717, 1.165) is 31.2 Å². The van der Waals surface area contributed by atoms with Crippen LogP contribution in [-0.4, -0.2) is 79.7 Å². The Morgan fingerprint density at radius 1 is 1.06 bits per heavy atom. The third-order valence-corrected chi connectivity index (χ3v) is 5.73. The Balaban J connectivity index is 1.65. The number of benzene rings is 1. The van der Waals surface area contributed by atoms with Crippen molar-refractivity contribution in [3.05, 3.63) is 35.9 Å². The van der Waals surface area contributed by atoms with E-state index in [1.165, 1.54) is 0 Å². The zero-order valence-corrected chi connectivity index (χ0v) is 19.2. The highest BCUT2D eigenvalue weighted by molar-refractivity contribution is 5.67. The molecule has 1 N–H and O–H groups in total. The van der Waals surface area contributed by atoms with Crippen LogP contribution in [0, 0.1) is 0 Å². The highest BCUT2D eigenvalue weighted by Gasteiger charge is 2.47. The zero-order chi connectivity index (χ0) is 22.8. The van der Waals surface area contributed by atoms with Crippen molar-refractivity contribution in [1.82, 2.24) is 4.90 Å². The third-order valence-electron chi connectivity index (χ3n) is 5.73. The van der Waals surface area contributed by atoms with E-state index in [1.807, 2.05) is 44.2 Å². The lowest BCUT2D eigenvalue weighted by molar-refractivity contribution is -0.317. The van der Waals surface area contributed by atoms with Crippen molar-refractivity contribution >= 4 is 6.09 Å². The van der Waals surface area contributed by atoms with Crippen molar-refractivity contribution < 1.29 is 33.6 Å². The molecule has 1 aromatic rings. The van der Waals surface area contributed by atoms with Gasteiger partial charge in [-0.05, 0) is 38.2 Å². The number of nitrogens with zero attached hydrogens (tertiary/aromatic N) is 1. The molecule has 0 aliphatic carbocycles.